The van der Waals surface area contributed by atoms with Gasteiger partial charge in [0.2, 0.25) is 5.78 Å². The summed E-state index contributed by atoms with van der Waals surface area (Å²) < 4.78 is 2.38. The molecule has 0 aliphatic heterocycles. The molecule has 0 N–H and O–H groups in total. The maximum Gasteiger partial charge on any atom is 0.212 e. The highest BCUT2D eigenvalue weighted by Gasteiger charge is 2.17. The standard InChI is InChI=1S/C10H5Br2ClOS2/c1-4-2-6(15-9(4)12)8(14)7-3-5(11)10(13)16-7/h2-3H,1H3. The lowest BCUT2D eigenvalue weighted by Crippen LogP contribution is -1.94. The third-order valence-corrected chi connectivity index (χ3v) is 6.56. The molecular formula is C10H5Br2ClOS2. The summed E-state index contributed by atoms with van der Waals surface area (Å²) >= 11 is 15.4. The van der Waals surface area contributed by atoms with Crippen molar-refractivity contribution in [1.29, 1.82) is 0 Å². The van der Waals surface area contributed by atoms with Gasteiger partial charge in [-0.2, -0.15) is 0 Å². The zero-order valence-corrected chi connectivity index (χ0v) is 13.6. The van der Waals surface area contributed by atoms with Crippen molar-refractivity contribution in [2.24, 2.45) is 0 Å². The third kappa shape index (κ3) is 2.43. The normalized spacial score (nSPS) is 10.8. The molecule has 6 heteroatoms. The number of hydrogen-bond donors (Lipinski definition) is 0. The molecular weight excluding hydrogens is 396 g/mol. The topological polar surface area (TPSA) is 17.1 Å². The van der Waals surface area contributed by atoms with Crippen LogP contribution in [0.15, 0.2) is 20.4 Å². The number of carbonyl (C=O) groups excluding carboxylic acids is 1. The highest BCUT2D eigenvalue weighted by molar-refractivity contribution is 9.11. The first-order valence-electron chi connectivity index (χ1n) is 4.24. The second-order valence-electron chi connectivity index (χ2n) is 3.13. The summed E-state index contributed by atoms with van der Waals surface area (Å²) in [5.74, 6) is 0.0244. The zero-order valence-electron chi connectivity index (χ0n) is 8.01. The monoisotopic (exact) mass is 398 g/mol. The molecule has 0 unspecified atom stereocenters. The smallest absolute Gasteiger partial charge is 0.212 e. The van der Waals surface area contributed by atoms with Gasteiger partial charge in [0, 0.05) is 4.47 Å². The summed E-state index contributed by atoms with van der Waals surface area (Å²) in [5, 5.41) is 0. The molecule has 2 rings (SSSR count). The van der Waals surface area contributed by atoms with Gasteiger partial charge in [0.15, 0.2) is 0 Å². The Balaban J connectivity index is 2.38. The number of hydrogen-bond acceptors (Lipinski definition) is 3. The first kappa shape index (κ1) is 12.8. The summed E-state index contributed by atoms with van der Waals surface area (Å²) in [6.45, 7) is 1.97. The largest absolute Gasteiger partial charge is 0.287 e. The van der Waals surface area contributed by atoms with Crippen molar-refractivity contribution in [2.75, 3.05) is 0 Å². The molecule has 84 valence electrons. The minimum Gasteiger partial charge on any atom is -0.287 e. The predicted octanol–water partition coefficient (Wildman–Crippen LogP) is 5.53. The van der Waals surface area contributed by atoms with Crippen molar-refractivity contribution in [2.45, 2.75) is 6.92 Å². The van der Waals surface area contributed by atoms with Crippen molar-refractivity contribution in [3.8, 4) is 0 Å². The third-order valence-electron chi connectivity index (χ3n) is 1.95. The SMILES string of the molecule is Cc1cc(C(=O)c2cc(Br)c(Cl)s2)sc1Br. The molecule has 0 fully saturated rings. The number of thiophene rings is 2. The van der Waals surface area contributed by atoms with Crippen LogP contribution in [0.2, 0.25) is 4.34 Å². The second-order valence-corrected chi connectivity index (χ2v) is 8.01. The fraction of sp³-hybridized carbons (Fsp3) is 0.100. The Morgan fingerprint density at radius 1 is 1.25 bits per heavy atom. The first-order chi connectivity index (χ1) is 7.49. The van der Waals surface area contributed by atoms with Crippen molar-refractivity contribution in [3.63, 3.8) is 0 Å². The van der Waals surface area contributed by atoms with E-state index in [9.17, 15) is 4.79 Å². The zero-order chi connectivity index (χ0) is 11.9. The van der Waals surface area contributed by atoms with Gasteiger partial charge in [-0.3, -0.25) is 4.79 Å². The number of ketones is 1. The van der Waals surface area contributed by atoms with Crippen molar-refractivity contribution in [1.82, 2.24) is 0 Å². The predicted molar refractivity (Wildman–Crippen MR) is 77.2 cm³/mol. The van der Waals surface area contributed by atoms with Crippen LogP contribution in [-0.2, 0) is 0 Å². The van der Waals surface area contributed by atoms with E-state index in [1.165, 1.54) is 22.7 Å². The van der Waals surface area contributed by atoms with Crippen molar-refractivity contribution < 1.29 is 4.79 Å². The Bertz CT molecular complexity index is 472. The fourth-order valence-corrected chi connectivity index (χ4v) is 4.36. The molecule has 0 atom stereocenters. The summed E-state index contributed by atoms with van der Waals surface area (Å²) in [6.07, 6.45) is 0. The number of carbonyl (C=O) groups is 1. The molecule has 2 aromatic heterocycles. The van der Waals surface area contributed by atoms with Crippen LogP contribution in [0.25, 0.3) is 0 Å². The average Bonchev–Trinajstić information content (AvgIpc) is 2.72. The molecule has 0 saturated carbocycles. The van der Waals surface area contributed by atoms with Crippen LogP contribution >= 0.6 is 66.1 Å². The summed E-state index contributed by atoms with van der Waals surface area (Å²) in [4.78, 5) is 13.5. The van der Waals surface area contributed by atoms with Crippen LogP contribution in [0.4, 0.5) is 0 Å². The molecule has 0 aliphatic carbocycles. The molecule has 0 spiro atoms. The van der Waals surface area contributed by atoms with Gasteiger partial charge in [-0.25, -0.2) is 0 Å². The van der Waals surface area contributed by atoms with Crippen molar-refractivity contribution >= 4 is 71.9 Å². The van der Waals surface area contributed by atoms with Crippen LogP contribution < -0.4 is 0 Å². The van der Waals surface area contributed by atoms with E-state index in [2.05, 4.69) is 31.9 Å². The molecule has 2 aromatic rings. The van der Waals surface area contributed by atoms with E-state index in [0.717, 1.165) is 18.7 Å². The molecule has 0 bridgehead atoms. The molecule has 0 aliphatic rings. The average molecular weight is 401 g/mol. The van der Waals surface area contributed by atoms with E-state index in [1.807, 2.05) is 13.0 Å². The number of halogens is 3. The van der Waals surface area contributed by atoms with Crippen LogP contribution in [0.1, 0.15) is 20.1 Å². The molecule has 0 amide bonds. The van der Waals surface area contributed by atoms with Crippen LogP contribution in [-0.4, -0.2) is 5.78 Å². The van der Waals surface area contributed by atoms with Gasteiger partial charge in [0.25, 0.3) is 0 Å². The van der Waals surface area contributed by atoms with E-state index >= 15 is 0 Å². The Labute approximate surface area is 123 Å². The van der Waals surface area contributed by atoms with Crippen molar-refractivity contribution in [3.05, 3.63) is 40.0 Å². The van der Waals surface area contributed by atoms with Gasteiger partial charge in [-0.05, 0) is 56.5 Å². The summed E-state index contributed by atoms with van der Waals surface area (Å²) in [6, 6.07) is 3.65. The van der Waals surface area contributed by atoms with Gasteiger partial charge in [-0.15, -0.1) is 22.7 Å². The fourth-order valence-electron chi connectivity index (χ4n) is 1.15. The lowest BCUT2D eigenvalue weighted by atomic mass is 10.2. The van der Waals surface area contributed by atoms with Gasteiger partial charge in [0.1, 0.15) is 4.34 Å². The first-order valence-corrected chi connectivity index (χ1v) is 7.84. The van der Waals surface area contributed by atoms with E-state index < -0.39 is 0 Å². The van der Waals surface area contributed by atoms with E-state index in [1.54, 1.807) is 6.07 Å². The Morgan fingerprint density at radius 3 is 2.31 bits per heavy atom. The molecule has 1 nitrogen and oxygen atoms in total. The van der Waals surface area contributed by atoms with Crippen LogP contribution in [0, 0.1) is 6.92 Å². The molecule has 16 heavy (non-hydrogen) atoms. The lowest BCUT2D eigenvalue weighted by Gasteiger charge is -1.90. The molecule has 0 aromatic carbocycles. The highest BCUT2D eigenvalue weighted by Crippen LogP contribution is 2.35. The van der Waals surface area contributed by atoms with Gasteiger partial charge < -0.3 is 0 Å². The van der Waals surface area contributed by atoms with E-state index in [0.29, 0.717) is 9.21 Å². The Morgan fingerprint density at radius 2 is 1.88 bits per heavy atom. The van der Waals surface area contributed by atoms with Gasteiger partial charge >= 0.3 is 0 Å². The van der Waals surface area contributed by atoms with Gasteiger partial charge in [0.05, 0.1) is 13.5 Å². The maximum atomic E-state index is 12.1. The van der Waals surface area contributed by atoms with Crippen LogP contribution in [0.5, 0.6) is 0 Å². The highest BCUT2D eigenvalue weighted by atomic mass is 79.9. The summed E-state index contributed by atoms with van der Waals surface area (Å²) in [7, 11) is 0. The molecule has 2 heterocycles. The number of aryl methyl sites for hydroxylation is 1. The Kier molecular flexibility index (Phi) is 3.91. The minimum atomic E-state index is 0.0244. The van der Waals surface area contributed by atoms with E-state index in [4.69, 9.17) is 11.6 Å². The minimum absolute atomic E-state index is 0.0244. The van der Waals surface area contributed by atoms with Gasteiger partial charge in [-0.1, -0.05) is 11.6 Å². The quantitative estimate of drug-likeness (QED) is 0.606. The Hall–Kier alpha value is 0.320. The lowest BCUT2D eigenvalue weighted by molar-refractivity contribution is 0.104. The second kappa shape index (κ2) is 4.90. The summed E-state index contributed by atoms with van der Waals surface area (Å²) in [5.41, 5.74) is 1.08. The number of rotatable bonds is 2. The van der Waals surface area contributed by atoms with E-state index in [-0.39, 0.29) is 5.78 Å². The molecule has 0 saturated heterocycles. The maximum absolute atomic E-state index is 12.1. The van der Waals surface area contributed by atoms with Crippen LogP contribution in [0.3, 0.4) is 0 Å². The molecule has 0 radical (unpaired) electrons.